The number of hydrogen-bond donors (Lipinski definition) is 3. The van der Waals surface area contributed by atoms with Crippen molar-refractivity contribution < 1.29 is 14.7 Å². The molecule has 1 saturated heterocycles. The summed E-state index contributed by atoms with van der Waals surface area (Å²) >= 11 is 0. The zero-order valence-electron chi connectivity index (χ0n) is 10.6. The molecule has 1 aliphatic rings. The van der Waals surface area contributed by atoms with E-state index in [1.54, 1.807) is 0 Å². The quantitative estimate of drug-likeness (QED) is 0.734. The average Bonchev–Trinajstić information content (AvgIpc) is 2.64. The first-order chi connectivity index (χ1) is 9.15. The number of amides is 1. The third-order valence-corrected chi connectivity index (χ3v) is 3.07. The van der Waals surface area contributed by atoms with Crippen molar-refractivity contribution >= 4 is 17.6 Å². The predicted octanol–water partition coefficient (Wildman–Crippen LogP) is 0.438. The van der Waals surface area contributed by atoms with Gasteiger partial charge in [-0.05, 0) is 19.4 Å². The molecule has 2 heterocycles. The van der Waals surface area contributed by atoms with Gasteiger partial charge in [0.15, 0.2) is 0 Å². The van der Waals surface area contributed by atoms with Gasteiger partial charge in [-0.3, -0.25) is 14.3 Å². The summed E-state index contributed by atoms with van der Waals surface area (Å²) in [6, 6.07) is -0.176. The maximum atomic E-state index is 12.0. The summed E-state index contributed by atoms with van der Waals surface area (Å²) in [5.74, 6) is -1.05. The first-order valence-corrected chi connectivity index (χ1v) is 6.43. The summed E-state index contributed by atoms with van der Waals surface area (Å²) in [6.45, 7) is 0.647. The molecule has 1 amide bonds. The second-order valence-electron chi connectivity index (χ2n) is 4.67. The standard InChI is InChI=1S/C12H18N4O3/c17-11(18)8-16-7-9(6-14-16)15-12(19)10-4-2-1-3-5-13-10/h6-7,10,13H,1-5,8H2,(H,15,19)(H,17,18). The molecule has 1 aromatic rings. The van der Waals surface area contributed by atoms with Crippen LogP contribution in [0.3, 0.4) is 0 Å². The number of aromatic nitrogens is 2. The van der Waals surface area contributed by atoms with Crippen LogP contribution in [0.1, 0.15) is 25.7 Å². The second kappa shape index (κ2) is 6.33. The summed E-state index contributed by atoms with van der Waals surface area (Å²) < 4.78 is 1.28. The van der Waals surface area contributed by atoms with Gasteiger partial charge in [0.25, 0.3) is 0 Å². The number of hydrogen-bond acceptors (Lipinski definition) is 4. The third kappa shape index (κ3) is 4.06. The lowest BCUT2D eigenvalue weighted by atomic mass is 10.1. The largest absolute Gasteiger partial charge is 0.480 e. The molecule has 0 aromatic carbocycles. The number of carbonyl (C=O) groups is 2. The molecule has 0 bridgehead atoms. The van der Waals surface area contributed by atoms with Crippen molar-refractivity contribution in [2.45, 2.75) is 38.3 Å². The highest BCUT2D eigenvalue weighted by molar-refractivity contribution is 5.94. The number of nitrogens with zero attached hydrogens (tertiary/aromatic N) is 2. The van der Waals surface area contributed by atoms with Crippen LogP contribution < -0.4 is 10.6 Å². The molecule has 0 aliphatic carbocycles. The zero-order valence-corrected chi connectivity index (χ0v) is 10.6. The Morgan fingerprint density at radius 3 is 3.11 bits per heavy atom. The number of carboxylic acids is 1. The average molecular weight is 266 g/mol. The molecule has 0 saturated carbocycles. The van der Waals surface area contributed by atoms with Crippen molar-refractivity contribution in [2.24, 2.45) is 0 Å². The highest BCUT2D eigenvalue weighted by Crippen LogP contribution is 2.11. The number of aliphatic carboxylic acids is 1. The van der Waals surface area contributed by atoms with Crippen molar-refractivity contribution in [3.05, 3.63) is 12.4 Å². The highest BCUT2D eigenvalue weighted by atomic mass is 16.4. The maximum Gasteiger partial charge on any atom is 0.325 e. The van der Waals surface area contributed by atoms with Gasteiger partial charge in [0.1, 0.15) is 6.54 Å². The van der Waals surface area contributed by atoms with E-state index in [-0.39, 0.29) is 18.5 Å². The van der Waals surface area contributed by atoms with Crippen LogP contribution in [0.4, 0.5) is 5.69 Å². The molecule has 3 N–H and O–H groups in total. The third-order valence-electron chi connectivity index (χ3n) is 3.07. The fourth-order valence-corrected chi connectivity index (χ4v) is 2.13. The number of carbonyl (C=O) groups excluding carboxylic acids is 1. The molecule has 7 heteroatoms. The lowest BCUT2D eigenvalue weighted by molar-refractivity contribution is -0.137. The molecule has 7 nitrogen and oxygen atoms in total. The molecule has 1 fully saturated rings. The summed E-state index contributed by atoms with van der Waals surface area (Å²) in [5, 5.41) is 18.5. The van der Waals surface area contributed by atoms with E-state index in [9.17, 15) is 9.59 Å². The number of nitrogens with one attached hydrogen (secondary N) is 2. The van der Waals surface area contributed by atoms with Crippen LogP contribution in [0.5, 0.6) is 0 Å². The Kier molecular flexibility index (Phi) is 4.51. The van der Waals surface area contributed by atoms with Gasteiger partial charge in [0, 0.05) is 6.20 Å². The van der Waals surface area contributed by atoms with Crippen molar-refractivity contribution in [3.63, 3.8) is 0 Å². The molecule has 19 heavy (non-hydrogen) atoms. The number of rotatable bonds is 4. The minimum absolute atomic E-state index is 0.0863. The molecule has 0 spiro atoms. The van der Waals surface area contributed by atoms with E-state index in [1.165, 1.54) is 17.1 Å². The highest BCUT2D eigenvalue weighted by Gasteiger charge is 2.19. The van der Waals surface area contributed by atoms with Crippen LogP contribution in [0, 0.1) is 0 Å². The van der Waals surface area contributed by atoms with Gasteiger partial charge in [-0.25, -0.2) is 0 Å². The minimum atomic E-state index is -0.966. The summed E-state index contributed by atoms with van der Waals surface area (Å²) in [7, 11) is 0. The molecule has 1 aromatic heterocycles. The topological polar surface area (TPSA) is 96.2 Å². The van der Waals surface area contributed by atoms with Crippen LogP contribution in [0.15, 0.2) is 12.4 Å². The van der Waals surface area contributed by atoms with Gasteiger partial charge in [0.05, 0.1) is 17.9 Å². The molecule has 1 aliphatic heterocycles. The lowest BCUT2D eigenvalue weighted by Crippen LogP contribution is -2.39. The summed E-state index contributed by atoms with van der Waals surface area (Å²) in [4.78, 5) is 22.6. The van der Waals surface area contributed by atoms with Crippen molar-refractivity contribution in [3.8, 4) is 0 Å². The van der Waals surface area contributed by atoms with Crippen LogP contribution in [0.25, 0.3) is 0 Å². The van der Waals surface area contributed by atoms with Gasteiger partial charge in [-0.1, -0.05) is 12.8 Å². The molecule has 104 valence electrons. The Labute approximate surface area is 111 Å². The van der Waals surface area contributed by atoms with Gasteiger partial charge >= 0.3 is 5.97 Å². The van der Waals surface area contributed by atoms with Crippen molar-refractivity contribution in [1.29, 1.82) is 0 Å². The van der Waals surface area contributed by atoms with Crippen LogP contribution in [-0.4, -0.2) is 39.4 Å². The number of anilines is 1. The molecule has 1 unspecified atom stereocenters. The first kappa shape index (κ1) is 13.5. The van der Waals surface area contributed by atoms with Crippen LogP contribution in [0.2, 0.25) is 0 Å². The van der Waals surface area contributed by atoms with E-state index < -0.39 is 5.97 Å². The Balaban J connectivity index is 1.90. The van der Waals surface area contributed by atoms with E-state index in [0.29, 0.717) is 5.69 Å². The Morgan fingerprint density at radius 2 is 2.32 bits per heavy atom. The van der Waals surface area contributed by atoms with E-state index in [0.717, 1.165) is 32.2 Å². The fourth-order valence-electron chi connectivity index (χ4n) is 2.13. The van der Waals surface area contributed by atoms with Gasteiger partial charge in [-0.15, -0.1) is 0 Å². The Bertz CT molecular complexity index is 450. The second-order valence-corrected chi connectivity index (χ2v) is 4.67. The first-order valence-electron chi connectivity index (χ1n) is 6.43. The predicted molar refractivity (Wildman–Crippen MR) is 68.8 cm³/mol. The minimum Gasteiger partial charge on any atom is -0.480 e. The smallest absolute Gasteiger partial charge is 0.325 e. The van der Waals surface area contributed by atoms with E-state index in [4.69, 9.17) is 5.11 Å². The summed E-state index contributed by atoms with van der Waals surface area (Å²) in [6.07, 6.45) is 7.09. The van der Waals surface area contributed by atoms with Crippen molar-refractivity contribution in [1.82, 2.24) is 15.1 Å². The molecular formula is C12H18N4O3. The van der Waals surface area contributed by atoms with Crippen LogP contribution >= 0.6 is 0 Å². The molecule has 2 rings (SSSR count). The molecule has 1 atom stereocenters. The van der Waals surface area contributed by atoms with Gasteiger partial charge in [0.2, 0.25) is 5.91 Å². The number of carboxylic acid groups (broad SMARTS) is 1. The van der Waals surface area contributed by atoms with E-state index >= 15 is 0 Å². The Hall–Kier alpha value is -1.89. The summed E-state index contributed by atoms with van der Waals surface area (Å²) in [5.41, 5.74) is 0.525. The van der Waals surface area contributed by atoms with E-state index in [1.807, 2.05) is 0 Å². The van der Waals surface area contributed by atoms with Gasteiger partial charge < -0.3 is 15.7 Å². The lowest BCUT2D eigenvalue weighted by Gasteiger charge is -2.14. The SMILES string of the molecule is O=C(O)Cn1cc(NC(=O)C2CCCCCN2)cn1. The zero-order chi connectivity index (χ0) is 13.7. The van der Waals surface area contributed by atoms with Gasteiger partial charge in [-0.2, -0.15) is 5.10 Å². The Morgan fingerprint density at radius 1 is 1.47 bits per heavy atom. The van der Waals surface area contributed by atoms with Crippen molar-refractivity contribution in [2.75, 3.05) is 11.9 Å². The molecular weight excluding hydrogens is 248 g/mol. The monoisotopic (exact) mass is 266 g/mol. The fraction of sp³-hybridized carbons (Fsp3) is 0.583. The molecule has 0 radical (unpaired) electrons. The van der Waals surface area contributed by atoms with Crippen LogP contribution in [-0.2, 0) is 16.1 Å². The maximum absolute atomic E-state index is 12.0. The van der Waals surface area contributed by atoms with E-state index in [2.05, 4.69) is 15.7 Å². The normalized spacial score (nSPS) is 19.7.